The van der Waals surface area contributed by atoms with Gasteiger partial charge in [-0.05, 0) is 57.3 Å². The Labute approximate surface area is 120 Å². The highest BCUT2D eigenvalue weighted by molar-refractivity contribution is 4.93. The molecule has 4 heteroatoms. The van der Waals surface area contributed by atoms with Crippen molar-refractivity contribution in [3.05, 3.63) is 34.7 Å². The summed E-state index contributed by atoms with van der Waals surface area (Å²) in [5.74, 6) is 0.853. The number of pyridine rings is 1. The summed E-state index contributed by atoms with van der Waals surface area (Å²) >= 11 is 0. The Morgan fingerprint density at radius 1 is 1.10 bits per heavy atom. The molecule has 20 heavy (non-hydrogen) atoms. The lowest BCUT2D eigenvalue weighted by atomic mass is 9.97. The van der Waals surface area contributed by atoms with Gasteiger partial charge in [0.25, 0.3) is 5.56 Å². The van der Waals surface area contributed by atoms with Gasteiger partial charge in [-0.2, -0.15) is 0 Å². The van der Waals surface area contributed by atoms with E-state index < -0.39 is 0 Å². The lowest BCUT2D eigenvalue weighted by Gasteiger charge is -2.32. The van der Waals surface area contributed by atoms with Gasteiger partial charge < -0.3 is 14.8 Å². The number of aromatic nitrogens is 1. The number of piperidine rings is 1. The SMILES string of the molecule is O=c1ccccn1CCN1CCC(CNC2CC2)CC1. The van der Waals surface area contributed by atoms with Gasteiger partial charge in [0, 0.05) is 31.4 Å². The molecule has 2 heterocycles. The molecule has 2 aliphatic rings. The van der Waals surface area contributed by atoms with E-state index in [0.29, 0.717) is 0 Å². The summed E-state index contributed by atoms with van der Waals surface area (Å²) in [6, 6.07) is 6.20. The molecule has 2 fully saturated rings. The zero-order valence-corrected chi connectivity index (χ0v) is 12.1. The summed E-state index contributed by atoms with van der Waals surface area (Å²) in [6.45, 7) is 5.37. The van der Waals surface area contributed by atoms with E-state index in [2.05, 4.69) is 10.2 Å². The molecule has 4 nitrogen and oxygen atoms in total. The summed E-state index contributed by atoms with van der Waals surface area (Å²) in [7, 11) is 0. The molecule has 1 aromatic heterocycles. The van der Waals surface area contributed by atoms with Gasteiger partial charge in [0.2, 0.25) is 0 Å². The minimum atomic E-state index is 0.107. The maximum Gasteiger partial charge on any atom is 0.250 e. The molecule has 1 aliphatic carbocycles. The fourth-order valence-corrected chi connectivity index (χ4v) is 2.93. The predicted octanol–water partition coefficient (Wildman–Crippen LogP) is 1.31. The Bertz CT molecular complexity index is 473. The lowest BCUT2D eigenvalue weighted by molar-refractivity contribution is 0.176. The van der Waals surface area contributed by atoms with Crippen LogP contribution in [0, 0.1) is 5.92 Å². The largest absolute Gasteiger partial charge is 0.314 e. The Kier molecular flexibility index (Phi) is 4.53. The minimum absolute atomic E-state index is 0.107. The molecule has 1 N–H and O–H groups in total. The third-order valence-electron chi connectivity index (χ3n) is 4.54. The van der Waals surface area contributed by atoms with Crippen LogP contribution in [0.5, 0.6) is 0 Å². The molecule has 0 bridgehead atoms. The highest BCUT2D eigenvalue weighted by atomic mass is 16.1. The predicted molar refractivity (Wildman–Crippen MR) is 80.9 cm³/mol. The molecule has 110 valence electrons. The van der Waals surface area contributed by atoms with Crippen LogP contribution in [-0.4, -0.2) is 41.7 Å². The molecule has 0 amide bonds. The smallest absolute Gasteiger partial charge is 0.250 e. The van der Waals surface area contributed by atoms with Crippen LogP contribution in [0.2, 0.25) is 0 Å². The fraction of sp³-hybridized carbons (Fsp3) is 0.688. The first-order valence-corrected chi connectivity index (χ1v) is 7.92. The maximum absolute atomic E-state index is 11.6. The summed E-state index contributed by atoms with van der Waals surface area (Å²) in [5.41, 5.74) is 0.107. The van der Waals surface area contributed by atoms with Crippen LogP contribution >= 0.6 is 0 Å². The summed E-state index contributed by atoms with van der Waals surface area (Å²) in [5, 5.41) is 3.64. The van der Waals surface area contributed by atoms with Gasteiger partial charge in [-0.3, -0.25) is 4.79 Å². The van der Waals surface area contributed by atoms with E-state index in [4.69, 9.17) is 0 Å². The lowest BCUT2D eigenvalue weighted by Crippen LogP contribution is -2.39. The van der Waals surface area contributed by atoms with E-state index >= 15 is 0 Å². The molecular weight excluding hydrogens is 250 g/mol. The van der Waals surface area contributed by atoms with E-state index in [9.17, 15) is 4.79 Å². The standard InChI is InChI=1S/C16H25N3O/c20-16-3-1-2-8-19(16)12-11-18-9-6-14(7-10-18)13-17-15-4-5-15/h1-3,8,14-15,17H,4-7,9-13H2. The average molecular weight is 275 g/mol. The monoisotopic (exact) mass is 275 g/mol. The zero-order chi connectivity index (χ0) is 13.8. The molecule has 0 atom stereocenters. The highest BCUT2D eigenvalue weighted by Gasteiger charge is 2.24. The maximum atomic E-state index is 11.6. The van der Waals surface area contributed by atoms with Gasteiger partial charge in [0.1, 0.15) is 0 Å². The van der Waals surface area contributed by atoms with Crippen LogP contribution in [0.1, 0.15) is 25.7 Å². The van der Waals surface area contributed by atoms with Crippen molar-refractivity contribution in [1.82, 2.24) is 14.8 Å². The summed E-state index contributed by atoms with van der Waals surface area (Å²) < 4.78 is 1.81. The Hall–Kier alpha value is -1.13. The van der Waals surface area contributed by atoms with E-state index in [1.165, 1.54) is 45.3 Å². The van der Waals surface area contributed by atoms with Crippen molar-refractivity contribution in [3.8, 4) is 0 Å². The first-order valence-electron chi connectivity index (χ1n) is 7.92. The van der Waals surface area contributed by atoms with E-state index in [1.54, 1.807) is 16.7 Å². The van der Waals surface area contributed by atoms with Crippen LogP contribution in [0.25, 0.3) is 0 Å². The van der Waals surface area contributed by atoms with Gasteiger partial charge in [-0.15, -0.1) is 0 Å². The highest BCUT2D eigenvalue weighted by Crippen LogP contribution is 2.21. The van der Waals surface area contributed by atoms with Crippen molar-refractivity contribution in [1.29, 1.82) is 0 Å². The second-order valence-corrected chi connectivity index (χ2v) is 6.20. The van der Waals surface area contributed by atoms with Gasteiger partial charge in [-0.25, -0.2) is 0 Å². The molecule has 3 rings (SSSR count). The number of rotatable bonds is 6. The van der Waals surface area contributed by atoms with Crippen molar-refractivity contribution >= 4 is 0 Å². The summed E-state index contributed by atoms with van der Waals surface area (Å²) in [4.78, 5) is 14.1. The Balaban J connectivity index is 1.37. The van der Waals surface area contributed by atoms with Gasteiger partial charge >= 0.3 is 0 Å². The first-order chi connectivity index (χ1) is 9.81. The van der Waals surface area contributed by atoms with Gasteiger partial charge in [0.05, 0.1) is 0 Å². The van der Waals surface area contributed by atoms with Crippen LogP contribution in [-0.2, 0) is 6.54 Å². The number of nitrogens with one attached hydrogen (secondary N) is 1. The van der Waals surface area contributed by atoms with Crippen LogP contribution in [0.3, 0.4) is 0 Å². The number of hydrogen-bond donors (Lipinski definition) is 1. The molecule has 0 spiro atoms. The van der Waals surface area contributed by atoms with Crippen molar-refractivity contribution < 1.29 is 0 Å². The van der Waals surface area contributed by atoms with Crippen LogP contribution < -0.4 is 10.9 Å². The number of hydrogen-bond acceptors (Lipinski definition) is 3. The van der Waals surface area contributed by atoms with Crippen molar-refractivity contribution in [2.45, 2.75) is 38.3 Å². The molecule has 1 saturated heterocycles. The van der Waals surface area contributed by atoms with E-state index in [0.717, 1.165) is 25.0 Å². The van der Waals surface area contributed by atoms with Crippen molar-refractivity contribution in [3.63, 3.8) is 0 Å². The average Bonchev–Trinajstić information content (AvgIpc) is 3.30. The zero-order valence-electron chi connectivity index (χ0n) is 12.1. The van der Waals surface area contributed by atoms with Crippen LogP contribution in [0.4, 0.5) is 0 Å². The number of likely N-dealkylation sites (tertiary alicyclic amines) is 1. The molecule has 0 unspecified atom stereocenters. The van der Waals surface area contributed by atoms with Crippen molar-refractivity contribution in [2.24, 2.45) is 5.92 Å². The normalized spacial score (nSPS) is 21.2. The van der Waals surface area contributed by atoms with E-state index in [-0.39, 0.29) is 5.56 Å². The molecule has 0 aromatic carbocycles. The minimum Gasteiger partial charge on any atom is -0.314 e. The second kappa shape index (κ2) is 6.55. The topological polar surface area (TPSA) is 37.3 Å². The fourth-order valence-electron chi connectivity index (χ4n) is 2.93. The molecular formula is C16H25N3O. The summed E-state index contributed by atoms with van der Waals surface area (Å²) in [6.07, 6.45) is 7.23. The quantitative estimate of drug-likeness (QED) is 0.850. The molecule has 0 radical (unpaired) electrons. The molecule has 1 saturated carbocycles. The molecule has 1 aromatic rings. The van der Waals surface area contributed by atoms with E-state index in [1.807, 2.05) is 12.3 Å². The second-order valence-electron chi connectivity index (χ2n) is 6.20. The van der Waals surface area contributed by atoms with Crippen LogP contribution in [0.15, 0.2) is 29.2 Å². The number of nitrogens with zero attached hydrogens (tertiary/aromatic N) is 2. The molecule has 1 aliphatic heterocycles. The third-order valence-corrected chi connectivity index (χ3v) is 4.54. The van der Waals surface area contributed by atoms with Gasteiger partial charge in [0.15, 0.2) is 0 Å². The first kappa shape index (κ1) is 13.8. The third kappa shape index (κ3) is 3.93. The Morgan fingerprint density at radius 2 is 1.90 bits per heavy atom. The van der Waals surface area contributed by atoms with Gasteiger partial charge in [-0.1, -0.05) is 6.07 Å². The Morgan fingerprint density at radius 3 is 2.60 bits per heavy atom. The van der Waals surface area contributed by atoms with Crippen molar-refractivity contribution in [2.75, 3.05) is 26.2 Å².